The monoisotopic (exact) mass is 847 g/mol. The van der Waals surface area contributed by atoms with E-state index < -0.39 is 0 Å². The third kappa shape index (κ3) is 7.93. The fraction of sp³-hybridized carbons (Fsp3) is 0.123. The largest absolute Gasteiger partial charge is 2.00 e. The predicted molar refractivity (Wildman–Crippen MR) is 259 cm³/mol. The molecule has 1 radical (unpaired) electrons. The van der Waals surface area contributed by atoms with Crippen molar-refractivity contribution in [2.24, 2.45) is 0 Å². The maximum Gasteiger partial charge on any atom is 2.00 e. The molecule has 0 fully saturated rings. The van der Waals surface area contributed by atoms with Gasteiger partial charge in [0, 0.05) is 5.41 Å². The molecule has 62 heavy (non-hydrogen) atoms. The second-order valence-corrected chi connectivity index (χ2v) is 16.3. The fourth-order valence-corrected chi connectivity index (χ4v) is 8.85. The molecule has 8 bridgehead atoms. The minimum Gasteiger partial charge on any atom is -0.657 e. The van der Waals surface area contributed by atoms with E-state index in [9.17, 15) is 0 Å². The zero-order valence-electron chi connectivity index (χ0n) is 35.5. The number of aromatic nitrogens is 4. The summed E-state index contributed by atoms with van der Waals surface area (Å²) >= 11 is 0. The minimum absolute atomic E-state index is 0. The molecule has 0 spiro atoms. The minimum atomic E-state index is -0.171. The molecule has 305 valence electrons. The van der Waals surface area contributed by atoms with Gasteiger partial charge in [0.15, 0.2) is 0 Å². The van der Waals surface area contributed by atoms with Crippen molar-refractivity contribution in [3.05, 3.63) is 204 Å². The number of benzene rings is 4. The normalized spacial score (nSPS) is 11.9. The van der Waals surface area contributed by atoms with E-state index in [-0.39, 0.29) is 22.2 Å². The van der Waals surface area contributed by atoms with Gasteiger partial charge in [-0.15, -0.1) is 41.8 Å². The zero-order valence-corrected chi connectivity index (χ0v) is 36.5. The first-order valence-corrected chi connectivity index (χ1v) is 21.0. The van der Waals surface area contributed by atoms with Crippen molar-refractivity contribution in [2.45, 2.75) is 45.4 Å². The van der Waals surface area contributed by atoms with E-state index in [0.717, 1.165) is 109 Å². The molecule has 3 aromatic heterocycles. The Hall–Kier alpha value is -6.79. The van der Waals surface area contributed by atoms with Gasteiger partial charge in [0.25, 0.3) is 0 Å². The Bertz CT molecular complexity index is 2980. The van der Waals surface area contributed by atoms with Gasteiger partial charge in [-0.25, -0.2) is 9.97 Å². The standard InChI is InChI=1S/C57H48N4.Co/c1-7-34-57(35-8-2,36-9-3)44-24-22-43(23-25-44)56-51-32-30-49(60-51)54(41-18-12-38(5)13-19-41)47-28-26-45(58-47)53(40-16-10-37(4)11-17-40)46-27-29-48(59-46)55(50-31-33-52(56)61-50)42-20-14-39(6)15-21-42;/h7-33H,1-3,34-36H2,4-6H3;/q-2;+2. The van der Waals surface area contributed by atoms with Crippen LogP contribution < -0.4 is 9.97 Å². The molecule has 2 aliphatic rings. The van der Waals surface area contributed by atoms with Gasteiger partial charge in [-0.1, -0.05) is 156 Å². The van der Waals surface area contributed by atoms with Crippen molar-refractivity contribution in [2.75, 3.05) is 0 Å². The van der Waals surface area contributed by atoms with Crippen LogP contribution >= 0.6 is 0 Å². The Morgan fingerprint density at radius 3 is 0.919 bits per heavy atom. The number of allylic oxidation sites excluding steroid dienone is 3. The molecule has 5 heterocycles. The van der Waals surface area contributed by atoms with E-state index >= 15 is 0 Å². The molecule has 0 unspecified atom stereocenters. The topological polar surface area (TPSA) is 54.0 Å². The average molecular weight is 848 g/mol. The number of fused-ring (bicyclic) bond motifs is 8. The first-order chi connectivity index (χ1) is 29.8. The predicted octanol–water partition coefficient (Wildman–Crippen LogP) is 14.5. The van der Waals surface area contributed by atoms with Crippen LogP contribution in [0.4, 0.5) is 0 Å². The Kier molecular flexibility index (Phi) is 11.9. The van der Waals surface area contributed by atoms with Gasteiger partial charge < -0.3 is 9.97 Å². The van der Waals surface area contributed by atoms with Crippen LogP contribution in [0, 0.1) is 20.8 Å². The quantitative estimate of drug-likeness (QED) is 0.122. The first-order valence-electron chi connectivity index (χ1n) is 21.0. The Balaban J connectivity index is 0.00000529. The molecule has 0 saturated heterocycles. The van der Waals surface area contributed by atoms with Gasteiger partial charge in [0.05, 0.1) is 22.8 Å². The van der Waals surface area contributed by atoms with Gasteiger partial charge in [0.1, 0.15) is 0 Å². The summed E-state index contributed by atoms with van der Waals surface area (Å²) in [7, 11) is 0. The summed E-state index contributed by atoms with van der Waals surface area (Å²) in [6.45, 7) is 18.7. The maximum atomic E-state index is 5.47. The fourth-order valence-electron chi connectivity index (χ4n) is 8.85. The molecular formula is C57H48CoN4. The van der Waals surface area contributed by atoms with Crippen molar-refractivity contribution in [1.29, 1.82) is 0 Å². The maximum absolute atomic E-state index is 5.47. The molecular weight excluding hydrogens is 800 g/mol. The van der Waals surface area contributed by atoms with Crippen molar-refractivity contribution in [1.82, 2.24) is 19.9 Å². The van der Waals surface area contributed by atoms with Crippen LogP contribution in [0.1, 0.15) is 64.3 Å². The molecule has 0 amide bonds. The third-order valence-corrected chi connectivity index (χ3v) is 12.0. The summed E-state index contributed by atoms with van der Waals surface area (Å²) < 4.78 is 0. The molecule has 7 aromatic rings. The second-order valence-electron chi connectivity index (χ2n) is 16.3. The number of rotatable bonds is 11. The number of hydrogen-bond acceptors (Lipinski definition) is 2. The zero-order chi connectivity index (χ0) is 42.1. The smallest absolute Gasteiger partial charge is 0.657 e. The van der Waals surface area contributed by atoms with Crippen LogP contribution in [0.25, 0.3) is 90.9 Å². The summed E-state index contributed by atoms with van der Waals surface area (Å²) in [4.78, 5) is 21.8. The molecule has 0 saturated carbocycles. The van der Waals surface area contributed by atoms with Crippen LogP contribution in [0.3, 0.4) is 0 Å². The number of aryl methyl sites for hydroxylation is 3. The van der Waals surface area contributed by atoms with Crippen molar-refractivity contribution < 1.29 is 16.8 Å². The Morgan fingerprint density at radius 1 is 0.403 bits per heavy atom. The molecule has 9 rings (SSSR count). The van der Waals surface area contributed by atoms with E-state index in [0.29, 0.717) is 0 Å². The number of nitrogens with zero attached hydrogens (tertiary/aromatic N) is 4. The average Bonchev–Trinajstić information content (AvgIpc) is 4.12. The van der Waals surface area contributed by atoms with E-state index in [1.165, 1.54) is 22.3 Å². The molecule has 5 heteroatoms. The molecule has 4 aromatic carbocycles. The Morgan fingerprint density at radius 2 is 0.661 bits per heavy atom. The molecule has 2 aliphatic heterocycles. The molecule has 0 atom stereocenters. The van der Waals surface area contributed by atoms with Crippen LogP contribution in [-0.2, 0) is 22.2 Å². The summed E-state index contributed by atoms with van der Waals surface area (Å²) in [5, 5.41) is 0. The van der Waals surface area contributed by atoms with Crippen molar-refractivity contribution >= 4 is 46.4 Å². The van der Waals surface area contributed by atoms with E-state index in [1.807, 2.05) is 18.2 Å². The van der Waals surface area contributed by atoms with Gasteiger partial charge in [0.2, 0.25) is 0 Å². The van der Waals surface area contributed by atoms with Crippen LogP contribution in [-0.4, -0.2) is 9.97 Å². The summed E-state index contributed by atoms with van der Waals surface area (Å²) in [6.07, 6.45) is 16.9. The summed E-state index contributed by atoms with van der Waals surface area (Å²) in [5.74, 6) is 0. The number of hydrogen-bond donors (Lipinski definition) is 0. The van der Waals surface area contributed by atoms with Crippen molar-refractivity contribution in [3.63, 3.8) is 0 Å². The van der Waals surface area contributed by atoms with E-state index in [4.69, 9.17) is 19.9 Å². The molecule has 4 nitrogen and oxygen atoms in total. The Labute approximate surface area is 375 Å². The van der Waals surface area contributed by atoms with Gasteiger partial charge in [-0.05, 0) is 114 Å². The molecule has 0 aliphatic carbocycles. The first kappa shape index (κ1) is 41.9. The third-order valence-electron chi connectivity index (χ3n) is 12.0. The van der Waals surface area contributed by atoms with Crippen LogP contribution in [0.5, 0.6) is 0 Å². The summed E-state index contributed by atoms with van der Waals surface area (Å²) in [5.41, 5.74) is 19.4. The summed E-state index contributed by atoms with van der Waals surface area (Å²) in [6, 6.07) is 43.3. The van der Waals surface area contributed by atoms with Crippen molar-refractivity contribution in [3.8, 4) is 44.5 Å². The van der Waals surface area contributed by atoms with Crippen LogP contribution in [0.2, 0.25) is 0 Å². The van der Waals surface area contributed by atoms with Gasteiger partial charge in [-0.2, -0.15) is 0 Å². The van der Waals surface area contributed by atoms with Crippen LogP contribution in [0.15, 0.2) is 159 Å². The van der Waals surface area contributed by atoms with E-state index in [1.54, 1.807) is 0 Å². The SMILES string of the molecule is C=CCC(CC=C)(CC=C)c1ccc(-c2c3nc(c(-c4ccc(C)cc4)c4ccc([n-]4)c(-c4ccc(C)cc4)c4nc(c(-c5ccc(C)cc5)c5ccc2[n-]5)C=C4)C=C3)cc1.[Co+2]. The van der Waals surface area contributed by atoms with E-state index in [2.05, 4.69) is 186 Å². The van der Waals surface area contributed by atoms with Gasteiger partial charge >= 0.3 is 16.8 Å². The second kappa shape index (κ2) is 17.7. The van der Waals surface area contributed by atoms with Gasteiger partial charge in [-0.3, -0.25) is 0 Å². The molecule has 0 N–H and O–H groups in total.